The van der Waals surface area contributed by atoms with Gasteiger partial charge < -0.3 is 4.42 Å². The molecular formula is C18H20Cl2N2O. The summed E-state index contributed by atoms with van der Waals surface area (Å²) in [5, 5.41) is 0. The van der Waals surface area contributed by atoms with Gasteiger partial charge in [0.05, 0.1) is 6.04 Å². The second-order valence-electron chi connectivity index (χ2n) is 5.76. The first-order valence-electron chi connectivity index (χ1n) is 7.46. The number of benzene rings is 1. The largest absolute Gasteiger partial charge is 0.458 e. The van der Waals surface area contributed by atoms with Crippen molar-refractivity contribution < 1.29 is 4.42 Å². The quantitative estimate of drug-likeness (QED) is 0.643. The molecule has 1 fully saturated rings. The van der Waals surface area contributed by atoms with Gasteiger partial charge in [0.25, 0.3) is 0 Å². The van der Waals surface area contributed by atoms with Crippen LogP contribution >= 0.6 is 24.8 Å². The Morgan fingerprint density at radius 3 is 2.57 bits per heavy atom. The van der Waals surface area contributed by atoms with Crippen LogP contribution in [0.15, 0.2) is 53.1 Å². The van der Waals surface area contributed by atoms with Crippen molar-refractivity contribution in [2.24, 2.45) is 0 Å². The molecule has 4 rings (SSSR count). The second kappa shape index (κ2) is 7.35. The SMILES string of the molecule is CN1CCC[C@H]1c1cc2ncc(-c3ccccc3)cc2o1.Cl.Cl. The Morgan fingerprint density at radius 1 is 1.09 bits per heavy atom. The molecule has 23 heavy (non-hydrogen) atoms. The highest BCUT2D eigenvalue weighted by molar-refractivity contribution is 5.85. The summed E-state index contributed by atoms with van der Waals surface area (Å²) in [4.78, 5) is 6.92. The zero-order valence-corrected chi connectivity index (χ0v) is 14.6. The Hall–Kier alpha value is -1.55. The van der Waals surface area contributed by atoms with Gasteiger partial charge in [-0.3, -0.25) is 9.88 Å². The van der Waals surface area contributed by atoms with E-state index >= 15 is 0 Å². The maximum Gasteiger partial charge on any atom is 0.153 e. The van der Waals surface area contributed by atoms with Gasteiger partial charge in [0.2, 0.25) is 0 Å². The number of pyridine rings is 1. The van der Waals surface area contributed by atoms with Gasteiger partial charge >= 0.3 is 0 Å². The Morgan fingerprint density at radius 2 is 1.87 bits per heavy atom. The fraction of sp³-hybridized carbons (Fsp3) is 0.278. The summed E-state index contributed by atoms with van der Waals surface area (Å²) in [5.41, 5.74) is 4.10. The van der Waals surface area contributed by atoms with Crippen molar-refractivity contribution in [3.8, 4) is 11.1 Å². The number of halogens is 2. The highest BCUT2D eigenvalue weighted by Crippen LogP contribution is 2.34. The van der Waals surface area contributed by atoms with Gasteiger partial charge in [-0.25, -0.2) is 0 Å². The molecule has 0 aliphatic carbocycles. The van der Waals surface area contributed by atoms with E-state index < -0.39 is 0 Å². The van der Waals surface area contributed by atoms with Crippen molar-refractivity contribution in [1.82, 2.24) is 9.88 Å². The molecule has 0 saturated carbocycles. The molecule has 1 atom stereocenters. The number of aromatic nitrogens is 1. The average molecular weight is 351 g/mol. The van der Waals surface area contributed by atoms with Crippen LogP contribution in [0.1, 0.15) is 24.6 Å². The molecule has 0 bridgehead atoms. The minimum absolute atomic E-state index is 0. The number of furan rings is 1. The van der Waals surface area contributed by atoms with Gasteiger partial charge in [0.1, 0.15) is 11.3 Å². The van der Waals surface area contributed by atoms with E-state index in [4.69, 9.17) is 4.42 Å². The average Bonchev–Trinajstić information content (AvgIpc) is 3.12. The maximum absolute atomic E-state index is 6.08. The van der Waals surface area contributed by atoms with Crippen LogP contribution in [0.3, 0.4) is 0 Å². The predicted octanol–water partition coefficient (Wildman–Crippen LogP) is 5.11. The maximum atomic E-state index is 6.08. The van der Waals surface area contributed by atoms with Gasteiger partial charge in [-0.15, -0.1) is 24.8 Å². The van der Waals surface area contributed by atoms with Crippen molar-refractivity contribution in [1.29, 1.82) is 0 Å². The van der Waals surface area contributed by atoms with E-state index in [0.29, 0.717) is 6.04 Å². The molecule has 122 valence electrons. The summed E-state index contributed by atoms with van der Waals surface area (Å²) in [6.45, 7) is 1.14. The molecule has 0 radical (unpaired) electrons. The first kappa shape index (κ1) is 17.8. The van der Waals surface area contributed by atoms with E-state index in [1.54, 1.807) is 0 Å². The number of hydrogen-bond acceptors (Lipinski definition) is 3. The van der Waals surface area contributed by atoms with Crippen LogP contribution in [0.2, 0.25) is 0 Å². The molecule has 0 amide bonds. The van der Waals surface area contributed by atoms with E-state index in [0.717, 1.165) is 29.0 Å². The lowest BCUT2D eigenvalue weighted by Crippen LogP contribution is -2.16. The molecule has 1 aliphatic rings. The van der Waals surface area contributed by atoms with Crippen LogP contribution in [-0.2, 0) is 0 Å². The van der Waals surface area contributed by atoms with Crippen molar-refractivity contribution in [3.63, 3.8) is 0 Å². The highest BCUT2D eigenvalue weighted by atomic mass is 35.5. The minimum Gasteiger partial charge on any atom is -0.458 e. The van der Waals surface area contributed by atoms with E-state index in [1.165, 1.54) is 18.4 Å². The smallest absolute Gasteiger partial charge is 0.153 e. The van der Waals surface area contributed by atoms with E-state index in [2.05, 4.69) is 41.2 Å². The molecule has 3 heterocycles. The Labute approximate surface area is 148 Å². The number of fused-ring (bicyclic) bond motifs is 1. The zero-order chi connectivity index (χ0) is 14.2. The Balaban J connectivity index is 0.000000960. The summed E-state index contributed by atoms with van der Waals surface area (Å²) >= 11 is 0. The number of rotatable bonds is 2. The minimum atomic E-state index is 0. The fourth-order valence-corrected chi connectivity index (χ4v) is 3.16. The molecular weight excluding hydrogens is 331 g/mol. The third-order valence-electron chi connectivity index (χ3n) is 4.34. The summed E-state index contributed by atoms with van der Waals surface area (Å²) in [6, 6.07) is 14.9. The lowest BCUT2D eigenvalue weighted by atomic mass is 10.1. The fourth-order valence-electron chi connectivity index (χ4n) is 3.16. The van der Waals surface area contributed by atoms with Crippen LogP contribution in [0.5, 0.6) is 0 Å². The van der Waals surface area contributed by atoms with Crippen molar-refractivity contribution in [3.05, 3.63) is 54.4 Å². The Bertz CT molecular complexity index is 773. The zero-order valence-electron chi connectivity index (χ0n) is 12.9. The molecule has 0 unspecified atom stereocenters. The molecule has 3 aromatic rings. The summed E-state index contributed by atoms with van der Waals surface area (Å²) in [7, 11) is 2.16. The second-order valence-corrected chi connectivity index (χ2v) is 5.76. The molecule has 2 aromatic heterocycles. The molecule has 1 aliphatic heterocycles. The van der Waals surface area contributed by atoms with Crippen LogP contribution in [-0.4, -0.2) is 23.5 Å². The first-order chi connectivity index (χ1) is 10.3. The molecule has 3 nitrogen and oxygen atoms in total. The van der Waals surface area contributed by atoms with Crippen LogP contribution in [0.25, 0.3) is 22.2 Å². The van der Waals surface area contributed by atoms with Crippen LogP contribution in [0.4, 0.5) is 0 Å². The van der Waals surface area contributed by atoms with Gasteiger partial charge in [-0.2, -0.15) is 0 Å². The van der Waals surface area contributed by atoms with Crippen molar-refractivity contribution in [2.45, 2.75) is 18.9 Å². The molecule has 0 N–H and O–H groups in total. The normalized spacial score (nSPS) is 17.7. The molecule has 1 saturated heterocycles. The highest BCUT2D eigenvalue weighted by Gasteiger charge is 2.25. The third-order valence-corrected chi connectivity index (χ3v) is 4.34. The molecule has 5 heteroatoms. The summed E-state index contributed by atoms with van der Waals surface area (Å²) < 4.78 is 6.08. The monoisotopic (exact) mass is 350 g/mol. The van der Waals surface area contributed by atoms with Gasteiger partial charge in [-0.05, 0) is 38.1 Å². The molecule has 1 aromatic carbocycles. The lowest BCUT2D eigenvalue weighted by Gasteiger charge is -2.16. The van der Waals surface area contributed by atoms with Gasteiger partial charge in [0.15, 0.2) is 5.58 Å². The number of hydrogen-bond donors (Lipinski definition) is 0. The van der Waals surface area contributed by atoms with E-state index in [9.17, 15) is 0 Å². The van der Waals surface area contributed by atoms with E-state index in [-0.39, 0.29) is 24.8 Å². The van der Waals surface area contributed by atoms with E-state index in [1.807, 2.05) is 24.4 Å². The van der Waals surface area contributed by atoms with Gasteiger partial charge in [-0.1, -0.05) is 30.3 Å². The number of nitrogens with zero attached hydrogens (tertiary/aromatic N) is 2. The third kappa shape index (κ3) is 3.37. The van der Waals surface area contributed by atoms with Crippen molar-refractivity contribution in [2.75, 3.05) is 13.6 Å². The predicted molar refractivity (Wildman–Crippen MR) is 98.5 cm³/mol. The van der Waals surface area contributed by atoms with Crippen molar-refractivity contribution >= 4 is 35.9 Å². The van der Waals surface area contributed by atoms with Gasteiger partial charge in [0, 0.05) is 17.8 Å². The lowest BCUT2D eigenvalue weighted by molar-refractivity contribution is 0.281. The summed E-state index contributed by atoms with van der Waals surface area (Å²) in [6.07, 6.45) is 4.33. The Kier molecular flexibility index (Phi) is 5.69. The summed E-state index contributed by atoms with van der Waals surface area (Å²) in [5.74, 6) is 1.04. The number of likely N-dealkylation sites (tertiary alicyclic amines) is 1. The van der Waals surface area contributed by atoms with Crippen LogP contribution in [0, 0.1) is 0 Å². The standard InChI is InChI=1S/C18H18N2O.2ClH/c1-20-9-5-8-16(20)18-11-15-17(21-18)10-14(12-19-15)13-6-3-2-4-7-13;;/h2-4,6-7,10-12,16H,5,8-9H2,1H3;2*1H/t16-;;/m0../s1. The topological polar surface area (TPSA) is 29.3 Å². The first-order valence-corrected chi connectivity index (χ1v) is 7.46. The van der Waals surface area contributed by atoms with Crippen LogP contribution < -0.4 is 0 Å². The molecule has 0 spiro atoms.